The van der Waals surface area contributed by atoms with Gasteiger partial charge in [-0.15, -0.1) is 4.57 Å². The van der Waals surface area contributed by atoms with Crippen molar-refractivity contribution in [1.82, 2.24) is 14.5 Å². The third-order valence-corrected chi connectivity index (χ3v) is 4.06. The third-order valence-electron chi connectivity index (χ3n) is 4.06. The number of pyridine rings is 2. The number of rotatable bonds is 0. The number of aromatic nitrogens is 4. The largest absolute Gasteiger partial charge is 0.385 e. The van der Waals surface area contributed by atoms with Crippen molar-refractivity contribution in [1.29, 1.82) is 0 Å². The molecule has 0 saturated carbocycles. The van der Waals surface area contributed by atoms with E-state index in [1.165, 1.54) is 0 Å². The molecule has 0 atom stereocenters. The normalized spacial score (nSPS) is 13.1. The van der Waals surface area contributed by atoms with E-state index in [4.69, 9.17) is 4.42 Å². The number of nitrogens with zero attached hydrogens (tertiary/aromatic N) is 4. The lowest BCUT2D eigenvalue weighted by Gasteiger charge is -1.93. The Morgan fingerprint density at radius 1 is 1.30 bits per heavy atom. The first-order chi connectivity index (χ1) is 9.84. The first-order valence-electron chi connectivity index (χ1n) is 6.53. The molecule has 5 heterocycles. The Labute approximate surface area is 114 Å². The maximum Gasteiger partial charge on any atom is 0.385 e. The van der Waals surface area contributed by atoms with Crippen molar-refractivity contribution >= 4 is 22.1 Å². The lowest BCUT2D eigenvalue weighted by atomic mass is 10.2. The molecule has 4 aromatic rings. The summed E-state index contributed by atoms with van der Waals surface area (Å²) >= 11 is 0. The molecule has 5 nitrogen and oxygen atoms in total. The SMILES string of the molecule is Cn1c2ccncc2c2c1oc1[n+]2Cc2ncccc2-1. The van der Waals surface area contributed by atoms with Gasteiger partial charge in [-0.3, -0.25) is 9.97 Å². The molecule has 0 fully saturated rings. The minimum absolute atomic E-state index is 0.756. The maximum absolute atomic E-state index is 6.11. The van der Waals surface area contributed by atoms with Crippen LogP contribution in [0.5, 0.6) is 0 Å². The van der Waals surface area contributed by atoms with Crippen molar-refractivity contribution in [3.8, 4) is 11.5 Å². The Hall–Kier alpha value is -2.69. The van der Waals surface area contributed by atoms with Gasteiger partial charge < -0.3 is 8.98 Å². The number of aryl methyl sites for hydroxylation is 1. The second-order valence-electron chi connectivity index (χ2n) is 5.10. The smallest absolute Gasteiger partial charge is 0.380 e. The molecule has 0 amide bonds. The van der Waals surface area contributed by atoms with Gasteiger partial charge in [-0.25, -0.2) is 0 Å². The zero-order valence-corrected chi connectivity index (χ0v) is 10.9. The fourth-order valence-corrected chi connectivity index (χ4v) is 3.13. The highest BCUT2D eigenvalue weighted by Gasteiger charge is 2.37. The molecule has 0 aromatic carbocycles. The van der Waals surface area contributed by atoms with E-state index in [1.807, 2.05) is 37.8 Å². The van der Waals surface area contributed by atoms with Gasteiger partial charge in [-0.2, -0.15) is 0 Å². The molecule has 96 valence electrons. The van der Waals surface area contributed by atoms with Gasteiger partial charge in [0.2, 0.25) is 0 Å². The van der Waals surface area contributed by atoms with Gasteiger partial charge in [0.1, 0.15) is 11.3 Å². The first-order valence-corrected chi connectivity index (χ1v) is 6.53. The molecule has 0 bridgehead atoms. The summed E-state index contributed by atoms with van der Waals surface area (Å²) in [6.45, 7) is 0.756. The molecule has 4 aromatic heterocycles. The lowest BCUT2D eigenvalue weighted by molar-refractivity contribution is -0.649. The molecule has 5 rings (SSSR count). The average molecular weight is 263 g/mol. The molecule has 20 heavy (non-hydrogen) atoms. The van der Waals surface area contributed by atoms with Crippen LogP contribution in [0.3, 0.4) is 0 Å². The van der Waals surface area contributed by atoms with Gasteiger partial charge in [0.25, 0.3) is 11.2 Å². The van der Waals surface area contributed by atoms with Crippen molar-refractivity contribution in [2.45, 2.75) is 6.54 Å². The van der Waals surface area contributed by atoms with Crippen molar-refractivity contribution in [2.24, 2.45) is 7.05 Å². The fraction of sp³-hybridized carbons (Fsp3) is 0.133. The number of hydrogen-bond acceptors (Lipinski definition) is 3. The standard InChI is InChI=1S/C15H11N4O/c1-18-12-4-6-16-7-10(12)13-15(18)20-14-9-3-2-5-17-11(9)8-19(13)14/h2-7H,8H2,1H3/q+1. The van der Waals surface area contributed by atoms with Crippen LogP contribution in [0.25, 0.3) is 33.6 Å². The summed E-state index contributed by atoms with van der Waals surface area (Å²) in [4.78, 5) is 8.68. The molecule has 0 aliphatic carbocycles. The molecule has 1 aliphatic heterocycles. The molecule has 0 spiro atoms. The molecular weight excluding hydrogens is 252 g/mol. The van der Waals surface area contributed by atoms with Crippen LogP contribution in [0.15, 0.2) is 41.2 Å². The summed E-state index contributed by atoms with van der Waals surface area (Å²) in [7, 11) is 2.02. The average Bonchev–Trinajstić information content (AvgIpc) is 3.09. The van der Waals surface area contributed by atoms with Gasteiger partial charge in [-0.1, -0.05) is 0 Å². The molecule has 5 heteroatoms. The van der Waals surface area contributed by atoms with E-state index in [9.17, 15) is 0 Å². The summed E-state index contributed by atoms with van der Waals surface area (Å²) in [5.41, 5.74) is 5.27. The van der Waals surface area contributed by atoms with Crippen LogP contribution in [-0.4, -0.2) is 14.5 Å². The summed E-state index contributed by atoms with van der Waals surface area (Å²) in [5, 5.41) is 1.12. The highest BCUT2D eigenvalue weighted by molar-refractivity contribution is 6.01. The third kappa shape index (κ3) is 1.02. The van der Waals surface area contributed by atoms with Crippen LogP contribution >= 0.6 is 0 Å². The number of fused-ring (bicyclic) bond motifs is 7. The summed E-state index contributed by atoms with van der Waals surface area (Å²) in [6, 6.07) is 6.02. The zero-order valence-electron chi connectivity index (χ0n) is 10.9. The highest BCUT2D eigenvalue weighted by atomic mass is 16.4. The van der Waals surface area contributed by atoms with E-state index in [0.29, 0.717) is 0 Å². The van der Waals surface area contributed by atoms with Crippen LogP contribution in [0.1, 0.15) is 5.69 Å². The van der Waals surface area contributed by atoms with Crippen LogP contribution < -0.4 is 4.57 Å². The second-order valence-corrected chi connectivity index (χ2v) is 5.10. The van der Waals surface area contributed by atoms with Gasteiger partial charge in [-0.05, 0) is 18.2 Å². The maximum atomic E-state index is 6.11. The van der Waals surface area contributed by atoms with E-state index >= 15 is 0 Å². The number of oxazole rings is 1. The van der Waals surface area contributed by atoms with Crippen LogP contribution in [-0.2, 0) is 13.6 Å². The minimum Gasteiger partial charge on any atom is -0.380 e. The van der Waals surface area contributed by atoms with Crippen LogP contribution in [0.4, 0.5) is 0 Å². The molecule has 0 saturated heterocycles. The van der Waals surface area contributed by atoms with Crippen LogP contribution in [0.2, 0.25) is 0 Å². The molecule has 0 radical (unpaired) electrons. The van der Waals surface area contributed by atoms with E-state index < -0.39 is 0 Å². The van der Waals surface area contributed by atoms with Crippen molar-refractivity contribution in [3.05, 3.63) is 42.5 Å². The van der Waals surface area contributed by atoms with Gasteiger partial charge in [0.05, 0.1) is 10.9 Å². The van der Waals surface area contributed by atoms with E-state index in [2.05, 4.69) is 25.2 Å². The van der Waals surface area contributed by atoms with E-state index in [0.717, 1.165) is 45.8 Å². The summed E-state index contributed by atoms with van der Waals surface area (Å²) in [5.74, 6) is 0.888. The van der Waals surface area contributed by atoms with Gasteiger partial charge in [0, 0.05) is 25.6 Å². The Morgan fingerprint density at radius 3 is 3.20 bits per heavy atom. The van der Waals surface area contributed by atoms with Gasteiger partial charge in [0.15, 0.2) is 6.54 Å². The zero-order chi connectivity index (χ0) is 13.3. The Kier molecular flexibility index (Phi) is 1.65. The van der Waals surface area contributed by atoms with E-state index in [-0.39, 0.29) is 0 Å². The Bertz CT molecular complexity index is 996. The molecule has 0 N–H and O–H groups in total. The molecule has 1 aliphatic rings. The van der Waals surface area contributed by atoms with Crippen molar-refractivity contribution in [2.75, 3.05) is 0 Å². The first kappa shape index (κ1) is 10.1. The highest BCUT2D eigenvalue weighted by Crippen LogP contribution is 2.33. The van der Waals surface area contributed by atoms with Gasteiger partial charge >= 0.3 is 5.89 Å². The second kappa shape index (κ2) is 3.25. The van der Waals surface area contributed by atoms with Crippen molar-refractivity contribution < 1.29 is 8.98 Å². The molecular formula is C15H11N4O+. The fourth-order valence-electron chi connectivity index (χ4n) is 3.13. The molecule has 0 unspecified atom stereocenters. The monoisotopic (exact) mass is 263 g/mol. The number of hydrogen-bond donors (Lipinski definition) is 0. The van der Waals surface area contributed by atoms with Crippen molar-refractivity contribution in [3.63, 3.8) is 0 Å². The van der Waals surface area contributed by atoms with E-state index in [1.54, 1.807) is 0 Å². The Morgan fingerprint density at radius 2 is 2.25 bits per heavy atom. The quantitative estimate of drug-likeness (QED) is 0.402. The minimum atomic E-state index is 0.756. The predicted molar refractivity (Wildman–Crippen MR) is 73.0 cm³/mol. The Balaban J connectivity index is 1.97. The summed E-state index contributed by atoms with van der Waals surface area (Å²) in [6.07, 6.45) is 5.53. The van der Waals surface area contributed by atoms with Crippen LogP contribution in [0, 0.1) is 0 Å². The topological polar surface area (TPSA) is 47.7 Å². The predicted octanol–water partition coefficient (Wildman–Crippen LogP) is 2.03. The lowest BCUT2D eigenvalue weighted by Crippen LogP contribution is -2.30. The summed E-state index contributed by atoms with van der Waals surface area (Å²) < 4.78 is 10.4.